The number of nitrogens with one attached hydrogen (secondary N) is 2. The van der Waals surface area contributed by atoms with Crippen molar-refractivity contribution in [3.05, 3.63) is 64.9 Å². The Balaban J connectivity index is 1.73. The highest BCUT2D eigenvalue weighted by Crippen LogP contribution is 2.24. The van der Waals surface area contributed by atoms with E-state index < -0.39 is 0 Å². The average molecular weight is 398 g/mol. The molecule has 0 aliphatic heterocycles. The van der Waals surface area contributed by atoms with Gasteiger partial charge in [0.1, 0.15) is 18.0 Å². The van der Waals surface area contributed by atoms with E-state index in [0.717, 1.165) is 33.2 Å². The third-order valence-corrected chi connectivity index (χ3v) is 4.64. The van der Waals surface area contributed by atoms with Gasteiger partial charge >= 0.3 is 0 Å². The van der Waals surface area contributed by atoms with Gasteiger partial charge in [0.2, 0.25) is 0 Å². The molecule has 0 saturated heterocycles. The lowest BCUT2D eigenvalue weighted by Gasteiger charge is -2.13. The van der Waals surface area contributed by atoms with E-state index in [1.54, 1.807) is 6.33 Å². The Morgan fingerprint density at radius 1 is 0.840 bits per heavy atom. The third-order valence-electron chi connectivity index (χ3n) is 3.75. The van der Waals surface area contributed by atoms with Crippen LogP contribution in [0.3, 0.4) is 0 Å². The molecule has 0 unspecified atom stereocenters. The number of aryl methyl sites for hydroxylation is 1. The SMILES string of the molecule is Cc1cc(Nc2cc(Nc3ccc(N(C)C)cc3)ncn2)ccc1Br. The number of aromatic nitrogens is 2. The van der Waals surface area contributed by atoms with Crippen LogP contribution in [0.4, 0.5) is 28.7 Å². The summed E-state index contributed by atoms with van der Waals surface area (Å²) in [5, 5.41) is 6.60. The Morgan fingerprint density at radius 2 is 1.44 bits per heavy atom. The molecule has 1 heterocycles. The normalized spacial score (nSPS) is 10.4. The Bertz CT molecular complexity index is 862. The molecule has 128 valence electrons. The fourth-order valence-corrected chi connectivity index (χ4v) is 2.60. The minimum Gasteiger partial charge on any atom is -0.378 e. The van der Waals surface area contributed by atoms with Gasteiger partial charge in [0, 0.05) is 41.7 Å². The topological polar surface area (TPSA) is 53.1 Å². The van der Waals surface area contributed by atoms with E-state index in [0.29, 0.717) is 0 Å². The number of hydrogen-bond acceptors (Lipinski definition) is 5. The summed E-state index contributed by atoms with van der Waals surface area (Å²) in [5.41, 5.74) is 4.29. The molecule has 3 rings (SSSR count). The average Bonchev–Trinajstić information content (AvgIpc) is 2.59. The molecule has 0 saturated carbocycles. The van der Waals surface area contributed by atoms with Gasteiger partial charge in [0.25, 0.3) is 0 Å². The van der Waals surface area contributed by atoms with Crippen LogP contribution in [0.1, 0.15) is 5.56 Å². The van der Waals surface area contributed by atoms with Gasteiger partial charge in [-0.05, 0) is 55.0 Å². The lowest BCUT2D eigenvalue weighted by molar-refractivity contribution is 1.13. The molecule has 0 bridgehead atoms. The summed E-state index contributed by atoms with van der Waals surface area (Å²) in [4.78, 5) is 10.6. The maximum atomic E-state index is 4.29. The van der Waals surface area contributed by atoms with Crippen molar-refractivity contribution in [3.8, 4) is 0 Å². The van der Waals surface area contributed by atoms with Gasteiger partial charge in [-0.15, -0.1) is 0 Å². The Kier molecular flexibility index (Phi) is 5.19. The minimum absolute atomic E-state index is 0.740. The van der Waals surface area contributed by atoms with E-state index in [2.05, 4.69) is 66.6 Å². The molecule has 0 amide bonds. The van der Waals surface area contributed by atoms with Gasteiger partial charge in [0.15, 0.2) is 0 Å². The van der Waals surface area contributed by atoms with Crippen LogP contribution >= 0.6 is 15.9 Å². The Hall–Kier alpha value is -2.60. The summed E-state index contributed by atoms with van der Waals surface area (Å²) in [6.45, 7) is 2.06. The lowest BCUT2D eigenvalue weighted by Crippen LogP contribution is -2.08. The number of anilines is 5. The van der Waals surface area contributed by atoms with Crippen molar-refractivity contribution in [1.29, 1.82) is 0 Å². The molecule has 1 aromatic heterocycles. The van der Waals surface area contributed by atoms with Crippen LogP contribution in [0.2, 0.25) is 0 Å². The summed E-state index contributed by atoms with van der Waals surface area (Å²) in [5.74, 6) is 1.48. The summed E-state index contributed by atoms with van der Waals surface area (Å²) < 4.78 is 1.09. The second-order valence-electron chi connectivity index (χ2n) is 5.94. The van der Waals surface area contributed by atoms with E-state index in [4.69, 9.17) is 0 Å². The molecule has 2 N–H and O–H groups in total. The standard InChI is InChI=1S/C19H20BrN5/c1-13-10-15(6-9-17(13)20)24-19-11-18(21-12-22-19)23-14-4-7-16(8-5-14)25(2)3/h4-12H,1-3H3,(H2,21,22,23,24). The summed E-state index contributed by atoms with van der Waals surface area (Å²) in [6, 6.07) is 16.2. The van der Waals surface area contributed by atoms with Crippen LogP contribution in [0.5, 0.6) is 0 Å². The first-order chi connectivity index (χ1) is 12.0. The zero-order valence-corrected chi connectivity index (χ0v) is 16.0. The molecule has 2 aromatic carbocycles. The van der Waals surface area contributed by atoms with Crippen LogP contribution in [0.15, 0.2) is 59.3 Å². The number of halogens is 1. The van der Waals surface area contributed by atoms with Gasteiger partial charge in [-0.3, -0.25) is 0 Å². The molecular formula is C19H20BrN5. The van der Waals surface area contributed by atoms with Gasteiger partial charge < -0.3 is 15.5 Å². The quantitative estimate of drug-likeness (QED) is 0.626. The van der Waals surface area contributed by atoms with Crippen molar-refractivity contribution in [3.63, 3.8) is 0 Å². The van der Waals surface area contributed by atoms with Crippen molar-refractivity contribution in [1.82, 2.24) is 9.97 Å². The fourth-order valence-electron chi connectivity index (χ4n) is 2.36. The number of hydrogen-bond donors (Lipinski definition) is 2. The van der Waals surface area contributed by atoms with E-state index in [1.165, 1.54) is 5.56 Å². The van der Waals surface area contributed by atoms with E-state index in [9.17, 15) is 0 Å². The minimum atomic E-state index is 0.740. The molecule has 0 radical (unpaired) electrons. The first-order valence-electron chi connectivity index (χ1n) is 7.91. The molecular weight excluding hydrogens is 378 g/mol. The molecule has 0 aliphatic carbocycles. The highest BCUT2D eigenvalue weighted by molar-refractivity contribution is 9.10. The van der Waals surface area contributed by atoms with Crippen molar-refractivity contribution < 1.29 is 0 Å². The molecule has 25 heavy (non-hydrogen) atoms. The first kappa shape index (κ1) is 17.2. The summed E-state index contributed by atoms with van der Waals surface area (Å²) >= 11 is 3.51. The van der Waals surface area contributed by atoms with Crippen molar-refractivity contribution in [2.24, 2.45) is 0 Å². The Labute approximate surface area is 156 Å². The lowest BCUT2D eigenvalue weighted by atomic mass is 10.2. The largest absolute Gasteiger partial charge is 0.378 e. The second kappa shape index (κ2) is 7.53. The van der Waals surface area contributed by atoms with Crippen LogP contribution in [-0.4, -0.2) is 24.1 Å². The van der Waals surface area contributed by atoms with Gasteiger partial charge in [-0.25, -0.2) is 9.97 Å². The fraction of sp³-hybridized carbons (Fsp3) is 0.158. The van der Waals surface area contributed by atoms with Crippen LogP contribution in [0.25, 0.3) is 0 Å². The maximum absolute atomic E-state index is 4.29. The molecule has 0 spiro atoms. The van der Waals surface area contributed by atoms with Gasteiger partial charge in [-0.2, -0.15) is 0 Å². The smallest absolute Gasteiger partial charge is 0.135 e. The predicted octanol–water partition coefficient (Wildman–Crippen LogP) is 5.10. The molecule has 0 aliphatic rings. The third kappa shape index (κ3) is 4.48. The molecule has 5 nitrogen and oxygen atoms in total. The highest BCUT2D eigenvalue weighted by Gasteiger charge is 2.03. The van der Waals surface area contributed by atoms with Gasteiger partial charge in [-0.1, -0.05) is 15.9 Å². The van der Waals surface area contributed by atoms with Crippen molar-refractivity contribution in [2.75, 3.05) is 29.6 Å². The zero-order chi connectivity index (χ0) is 17.8. The summed E-state index contributed by atoms with van der Waals surface area (Å²) in [6.07, 6.45) is 1.55. The Morgan fingerprint density at radius 3 is 2.04 bits per heavy atom. The van der Waals surface area contributed by atoms with E-state index in [1.807, 2.05) is 44.4 Å². The van der Waals surface area contributed by atoms with Crippen LogP contribution < -0.4 is 15.5 Å². The molecule has 0 atom stereocenters. The van der Waals surface area contributed by atoms with Crippen molar-refractivity contribution in [2.45, 2.75) is 6.92 Å². The van der Waals surface area contributed by atoms with E-state index >= 15 is 0 Å². The van der Waals surface area contributed by atoms with Crippen LogP contribution in [0, 0.1) is 6.92 Å². The van der Waals surface area contributed by atoms with Gasteiger partial charge in [0.05, 0.1) is 0 Å². The molecule has 3 aromatic rings. The molecule has 6 heteroatoms. The molecule has 0 fully saturated rings. The number of benzene rings is 2. The monoisotopic (exact) mass is 397 g/mol. The highest BCUT2D eigenvalue weighted by atomic mass is 79.9. The number of nitrogens with zero attached hydrogens (tertiary/aromatic N) is 3. The van der Waals surface area contributed by atoms with Crippen molar-refractivity contribution >= 4 is 44.6 Å². The first-order valence-corrected chi connectivity index (χ1v) is 8.70. The van der Waals surface area contributed by atoms with Crippen LogP contribution in [-0.2, 0) is 0 Å². The second-order valence-corrected chi connectivity index (χ2v) is 6.80. The zero-order valence-electron chi connectivity index (χ0n) is 14.4. The predicted molar refractivity (Wildman–Crippen MR) is 108 cm³/mol. The summed E-state index contributed by atoms with van der Waals surface area (Å²) in [7, 11) is 4.04. The maximum Gasteiger partial charge on any atom is 0.135 e. The van der Waals surface area contributed by atoms with E-state index in [-0.39, 0.29) is 0 Å². The number of rotatable bonds is 5.